The second-order valence-corrected chi connectivity index (χ2v) is 6.64. The molecule has 1 amide bonds. The number of nitrogens with zero attached hydrogens (tertiary/aromatic N) is 1. The van der Waals surface area contributed by atoms with Gasteiger partial charge in [0.15, 0.2) is 6.29 Å². The van der Waals surface area contributed by atoms with Crippen LogP contribution in [-0.2, 0) is 16.0 Å². The molecule has 0 saturated carbocycles. The van der Waals surface area contributed by atoms with Gasteiger partial charge >= 0.3 is 13.1 Å². The molecule has 1 aromatic carbocycles. The van der Waals surface area contributed by atoms with Crippen LogP contribution in [0.4, 0.5) is 0 Å². The van der Waals surface area contributed by atoms with Crippen LogP contribution in [0.25, 0.3) is 0 Å². The minimum absolute atomic E-state index is 0.0265. The molecule has 0 aromatic heterocycles. The van der Waals surface area contributed by atoms with E-state index in [2.05, 4.69) is 0 Å². The predicted molar refractivity (Wildman–Crippen MR) is 92.0 cm³/mol. The summed E-state index contributed by atoms with van der Waals surface area (Å²) in [5.41, 5.74) is 6.32. The van der Waals surface area contributed by atoms with Gasteiger partial charge in [0.05, 0.1) is 31.1 Å². The number of carbonyl (C=O) groups excluding carboxylic acids is 1. The first-order chi connectivity index (χ1) is 12.8. The molecule has 1 atom stereocenters. The Morgan fingerprint density at radius 3 is 2.70 bits per heavy atom. The fourth-order valence-corrected chi connectivity index (χ4v) is 3.17. The fraction of sp³-hybridized carbons (Fsp3) is 0.500. The Labute approximate surface area is 155 Å². The van der Waals surface area contributed by atoms with E-state index >= 15 is 0 Å². The molecule has 0 bridgehead atoms. The van der Waals surface area contributed by atoms with Crippen LogP contribution in [-0.4, -0.2) is 69.5 Å². The normalized spacial score (nSPS) is 17.8. The van der Waals surface area contributed by atoms with E-state index in [0.717, 1.165) is 5.56 Å². The molecule has 1 aromatic rings. The van der Waals surface area contributed by atoms with Crippen molar-refractivity contribution in [3.63, 3.8) is 0 Å². The molecule has 2 aliphatic rings. The zero-order valence-electron chi connectivity index (χ0n) is 14.4. The summed E-state index contributed by atoms with van der Waals surface area (Å²) in [4.78, 5) is 24.0. The Morgan fingerprint density at radius 2 is 2.07 bits per heavy atom. The Hall–Kier alpha value is -2.34. The van der Waals surface area contributed by atoms with Gasteiger partial charge in [0.2, 0.25) is 5.91 Å². The third-order valence-electron chi connectivity index (χ3n) is 4.58. The van der Waals surface area contributed by atoms with Crippen LogP contribution in [0.15, 0.2) is 12.1 Å². The topological polar surface area (TPSA) is 163 Å². The summed E-state index contributed by atoms with van der Waals surface area (Å²) in [5, 5.41) is 37.8. The van der Waals surface area contributed by atoms with Gasteiger partial charge in [-0.25, -0.2) is 0 Å². The van der Waals surface area contributed by atoms with Gasteiger partial charge < -0.3 is 40.4 Å². The lowest BCUT2D eigenvalue weighted by Crippen LogP contribution is -2.60. The summed E-state index contributed by atoms with van der Waals surface area (Å²) >= 11 is 0. The van der Waals surface area contributed by atoms with Crippen LogP contribution in [0, 0.1) is 0 Å². The molecule has 3 rings (SSSR count). The maximum absolute atomic E-state index is 12.0. The van der Waals surface area contributed by atoms with E-state index in [4.69, 9.17) is 20.2 Å². The Bertz CT molecular complexity index is 737. The highest BCUT2D eigenvalue weighted by Crippen LogP contribution is 2.40. The highest BCUT2D eigenvalue weighted by molar-refractivity contribution is 6.44. The number of amides is 1. The van der Waals surface area contributed by atoms with E-state index < -0.39 is 43.9 Å². The molecule has 11 heteroatoms. The lowest BCUT2D eigenvalue weighted by atomic mass is 9.78. The number of benzene rings is 1. The number of nitrogens with two attached hydrogens (primary N) is 1. The number of ether oxygens (including phenoxy) is 1. The van der Waals surface area contributed by atoms with Crippen molar-refractivity contribution in [3.05, 3.63) is 23.3 Å². The van der Waals surface area contributed by atoms with E-state index in [9.17, 15) is 24.8 Å². The minimum Gasteiger partial charge on any atom is -0.535 e. The van der Waals surface area contributed by atoms with Gasteiger partial charge in [-0.05, 0) is 24.4 Å². The van der Waals surface area contributed by atoms with E-state index in [1.54, 1.807) is 12.1 Å². The SMILES string of the molecule is N[C@@H](CC(=O)O)C(=O)N1CC(Oc2ccc3c(c2C(O)O)OB(O)CC3)C1. The number of carboxylic acids is 1. The van der Waals surface area contributed by atoms with Crippen molar-refractivity contribution in [2.75, 3.05) is 13.1 Å². The molecule has 2 aliphatic heterocycles. The maximum Gasteiger partial charge on any atom is 0.522 e. The predicted octanol–water partition coefficient (Wildman–Crippen LogP) is -1.52. The zero-order chi connectivity index (χ0) is 19.7. The first-order valence-corrected chi connectivity index (χ1v) is 8.55. The summed E-state index contributed by atoms with van der Waals surface area (Å²) in [6.45, 7) is 0.404. The molecule has 0 unspecified atom stereocenters. The average Bonchev–Trinajstić information content (AvgIpc) is 2.55. The zero-order valence-corrected chi connectivity index (χ0v) is 14.4. The van der Waals surface area contributed by atoms with Crippen molar-refractivity contribution in [1.29, 1.82) is 0 Å². The van der Waals surface area contributed by atoms with Crippen LogP contribution in [0.5, 0.6) is 11.5 Å². The van der Waals surface area contributed by atoms with Crippen LogP contribution in [0.2, 0.25) is 6.32 Å². The standard InChI is InChI=1S/C16H21BN2O8/c18-10(5-12(20)21)15(22)19-6-9(7-19)26-11-2-1-8-3-4-17(25)27-14(8)13(11)16(23)24/h1-2,9-10,16,23-25H,3-7,18H2,(H,20,21)/t10-/m0/s1. The number of hydrogen-bond donors (Lipinski definition) is 5. The summed E-state index contributed by atoms with van der Waals surface area (Å²) < 4.78 is 11.1. The maximum atomic E-state index is 12.0. The highest BCUT2D eigenvalue weighted by Gasteiger charge is 2.37. The fourth-order valence-electron chi connectivity index (χ4n) is 3.17. The first kappa shape index (κ1) is 19.4. The van der Waals surface area contributed by atoms with Gasteiger partial charge in [-0.1, -0.05) is 6.07 Å². The van der Waals surface area contributed by atoms with Gasteiger partial charge in [0.25, 0.3) is 0 Å². The number of likely N-dealkylation sites (tertiary alicyclic amines) is 1. The van der Waals surface area contributed by atoms with Gasteiger partial charge in [0, 0.05) is 0 Å². The van der Waals surface area contributed by atoms with Crippen LogP contribution < -0.4 is 15.1 Å². The molecular formula is C16H21BN2O8. The number of aliphatic hydroxyl groups excluding tert-OH is 1. The molecule has 0 radical (unpaired) electrons. The van der Waals surface area contributed by atoms with Gasteiger partial charge in [-0.15, -0.1) is 0 Å². The molecule has 1 saturated heterocycles. The van der Waals surface area contributed by atoms with Crippen molar-refractivity contribution in [3.8, 4) is 11.5 Å². The van der Waals surface area contributed by atoms with Gasteiger partial charge in [-0.3, -0.25) is 9.59 Å². The summed E-state index contributed by atoms with van der Waals surface area (Å²) in [6, 6.07) is 2.21. The minimum atomic E-state index is -1.86. The number of carboxylic acid groups (broad SMARTS) is 1. The number of fused-ring (bicyclic) bond motifs is 1. The van der Waals surface area contributed by atoms with Crippen molar-refractivity contribution >= 4 is 19.0 Å². The average molecular weight is 380 g/mol. The first-order valence-electron chi connectivity index (χ1n) is 8.55. The number of aliphatic carboxylic acids is 1. The van der Waals surface area contributed by atoms with Crippen LogP contribution >= 0.6 is 0 Å². The van der Waals surface area contributed by atoms with E-state index in [1.807, 2.05) is 0 Å². The quantitative estimate of drug-likeness (QED) is 0.291. The Kier molecular flexibility index (Phi) is 5.56. The number of aliphatic hydroxyl groups is 2. The van der Waals surface area contributed by atoms with Gasteiger partial charge in [0.1, 0.15) is 17.6 Å². The molecule has 0 aliphatic carbocycles. The van der Waals surface area contributed by atoms with Crippen molar-refractivity contribution in [1.82, 2.24) is 4.90 Å². The number of aryl methyl sites for hydroxylation is 1. The summed E-state index contributed by atoms with van der Waals surface area (Å²) in [7, 11) is -1.03. The van der Waals surface area contributed by atoms with E-state index in [-0.39, 0.29) is 30.2 Å². The lowest BCUT2D eigenvalue weighted by molar-refractivity contribution is -0.146. The Morgan fingerprint density at radius 1 is 1.37 bits per heavy atom. The van der Waals surface area contributed by atoms with Crippen LogP contribution in [0.3, 0.4) is 0 Å². The third kappa shape index (κ3) is 4.16. The number of carbonyl (C=O) groups is 2. The monoisotopic (exact) mass is 380 g/mol. The van der Waals surface area contributed by atoms with Crippen LogP contribution in [0.1, 0.15) is 23.8 Å². The second-order valence-electron chi connectivity index (χ2n) is 6.64. The summed E-state index contributed by atoms with van der Waals surface area (Å²) in [5.74, 6) is -1.25. The molecular weight excluding hydrogens is 359 g/mol. The largest absolute Gasteiger partial charge is 0.535 e. The van der Waals surface area contributed by atoms with Gasteiger partial charge in [-0.2, -0.15) is 0 Å². The number of rotatable bonds is 6. The van der Waals surface area contributed by atoms with E-state index in [0.29, 0.717) is 12.7 Å². The molecule has 146 valence electrons. The molecule has 6 N–H and O–H groups in total. The molecule has 0 spiro atoms. The van der Waals surface area contributed by atoms with Crippen molar-refractivity contribution in [2.45, 2.75) is 37.6 Å². The summed E-state index contributed by atoms with van der Waals surface area (Å²) in [6.07, 6.45) is -1.78. The smallest absolute Gasteiger partial charge is 0.522 e. The Balaban J connectivity index is 1.67. The number of hydrogen-bond acceptors (Lipinski definition) is 8. The third-order valence-corrected chi connectivity index (χ3v) is 4.58. The van der Waals surface area contributed by atoms with E-state index in [1.165, 1.54) is 4.90 Å². The molecule has 27 heavy (non-hydrogen) atoms. The highest BCUT2D eigenvalue weighted by atomic mass is 16.5. The molecule has 10 nitrogen and oxygen atoms in total. The van der Waals surface area contributed by atoms with Crippen molar-refractivity contribution in [2.24, 2.45) is 5.73 Å². The van der Waals surface area contributed by atoms with Crippen molar-refractivity contribution < 1.29 is 39.3 Å². The second kappa shape index (κ2) is 7.73. The molecule has 2 heterocycles. The molecule has 1 fully saturated rings. The lowest BCUT2D eigenvalue weighted by Gasteiger charge is -2.40.